The van der Waals surface area contributed by atoms with E-state index in [0.717, 1.165) is 29.4 Å². The Labute approximate surface area is 101 Å². The van der Waals surface area contributed by atoms with Crippen LogP contribution in [0.3, 0.4) is 0 Å². The van der Waals surface area contributed by atoms with Gasteiger partial charge in [-0.1, -0.05) is 11.6 Å². The van der Waals surface area contributed by atoms with Crippen LogP contribution in [-0.4, -0.2) is 31.5 Å². The van der Waals surface area contributed by atoms with Crippen LogP contribution in [0, 0.1) is 0 Å². The number of hydrogen-bond donors (Lipinski definition) is 0. The van der Waals surface area contributed by atoms with E-state index in [-0.39, 0.29) is 0 Å². The fraction of sp³-hybridized carbons (Fsp3) is 0.455. The van der Waals surface area contributed by atoms with Crippen LogP contribution in [0.4, 0.5) is 0 Å². The molecule has 0 aliphatic heterocycles. The summed E-state index contributed by atoms with van der Waals surface area (Å²) < 4.78 is 5.26. The smallest absolute Gasteiger partial charge is 0.123 e. The van der Waals surface area contributed by atoms with E-state index in [1.54, 1.807) is 7.11 Å². The Kier molecular flexibility index (Phi) is 5.23. The SMILES string of the molecule is COc1ccc(Cl)cc1CN(C)CCCl. The molecule has 84 valence electrons. The normalized spacial score (nSPS) is 10.7. The van der Waals surface area contributed by atoms with Crippen molar-refractivity contribution in [2.75, 3.05) is 26.6 Å². The van der Waals surface area contributed by atoms with Gasteiger partial charge in [0.05, 0.1) is 7.11 Å². The highest BCUT2D eigenvalue weighted by atomic mass is 35.5. The van der Waals surface area contributed by atoms with Crippen LogP contribution in [0.15, 0.2) is 18.2 Å². The highest BCUT2D eigenvalue weighted by Crippen LogP contribution is 2.23. The van der Waals surface area contributed by atoms with Crippen molar-refractivity contribution in [3.63, 3.8) is 0 Å². The molecule has 0 bridgehead atoms. The predicted molar refractivity (Wildman–Crippen MR) is 65.1 cm³/mol. The number of methoxy groups -OCH3 is 1. The van der Waals surface area contributed by atoms with E-state index in [1.165, 1.54) is 0 Å². The Morgan fingerprint density at radius 1 is 1.40 bits per heavy atom. The molecule has 0 heterocycles. The first kappa shape index (κ1) is 12.6. The topological polar surface area (TPSA) is 12.5 Å². The van der Waals surface area contributed by atoms with Gasteiger partial charge in [0, 0.05) is 29.6 Å². The largest absolute Gasteiger partial charge is 0.496 e. The Hall–Kier alpha value is -0.440. The Morgan fingerprint density at radius 2 is 2.13 bits per heavy atom. The summed E-state index contributed by atoms with van der Waals surface area (Å²) in [5.74, 6) is 1.49. The van der Waals surface area contributed by atoms with E-state index in [4.69, 9.17) is 27.9 Å². The van der Waals surface area contributed by atoms with Crippen LogP contribution in [0.2, 0.25) is 5.02 Å². The molecule has 1 aromatic carbocycles. The molecular formula is C11H15Cl2NO. The Balaban J connectivity index is 2.77. The van der Waals surface area contributed by atoms with Crippen molar-refractivity contribution < 1.29 is 4.74 Å². The molecule has 0 N–H and O–H groups in total. The van der Waals surface area contributed by atoms with Gasteiger partial charge < -0.3 is 9.64 Å². The molecule has 0 atom stereocenters. The summed E-state index contributed by atoms with van der Waals surface area (Å²) in [7, 11) is 3.68. The number of alkyl halides is 1. The third kappa shape index (κ3) is 3.90. The summed E-state index contributed by atoms with van der Waals surface area (Å²) in [5.41, 5.74) is 1.08. The van der Waals surface area contributed by atoms with Crippen LogP contribution in [-0.2, 0) is 6.54 Å². The van der Waals surface area contributed by atoms with Crippen molar-refractivity contribution >= 4 is 23.2 Å². The van der Waals surface area contributed by atoms with Gasteiger partial charge in [-0.2, -0.15) is 0 Å². The van der Waals surface area contributed by atoms with E-state index in [1.807, 2.05) is 25.2 Å². The molecule has 0 aromatic heterocycles. The van der Waals surface area contributed by atoms with Crippen LogP contribution >= 0.6 is 23.2 Å². The van der Waals surface area contributed by atoms with Gasteiger partial charge in [-0.05, 0) is 25.2 Å². The van der Waals surface area contributed by atoms with Crippen LogP contribution < -0.4 is 4.74 Å². The zero-order valence-corrected chi connectivity index (χ0v) is 10.5. The molecule has 1 rings (SSSR count). The molecule has 15 heavy (non-hydrogen) atoms. The average Bonchev–Trinajstić information content (AvgIpc) is 2.18. The van der Waals surface area contributed by atoms with Crippen LogP contribution in [0.25, 0.3) is 0 Å². The second-order valence-electron chi connectivity index (χ2n) is 3.38. The minimum atomic E-state index is 0.624. The molecule has 0 radical (unpaired) electrons. The van der Waals surface area contributed by atoms with Gasteiger partial charge in [-0.15, -0.1) is 11.6 Å². The number of nitrogens with zero attached hydrogens (tertiary/aromatic N) is 1. The fourth-order valence-electron chi connectivity index (χ4n) is 1.38. The molecule has 0 saturated carbocycles. The van der Waals surface area contributed by atoms with Gasteiger partial charge in [0.2, 0.25) is 0 Å². The fourth-order valence-corrected chi connectivity index (χ4v) is 1.87. The Bertz CT molecular complexity index is 317. The minimum absolute atomic E-state index is 0.624. The number of benzene rings is 1. The summed E-state index contributed by atoms with van der Waals surface area (Å²) >= 11 is 11.6. The quantitative estimate of drug-likeness (QED) is 0.742. The number of rotatable bonds is 5. The van der Waals surface area contributed by atoms with E-state index in [9.17, 15) is 0 Å². The number of hydrogen-bond acceptors (Lipinski definition) is 2. The summed E-state index contributed by atoms with van der Waals surface area (Å²) in [5, 5.41) is 0.727. The molecule has 4 heteroatoms. The van der Waals surface area contributed by atoms with E-state index < -0.39 is 0 Å². The first-order valence-corrected chi connectivity index (χ1v) is 5.65. The van der Waals surface area contributed by atoms with Crippen molar-refractivity contribution in [3.05, 3.63) is 28.8 Å². The lowest BCUT2D eigenvalue weighted by atomic mass is 10.2. The van der Waals surface area contributed by atoms with Crippen molar-refractivity contribution in [1.82, 2.24) is 4.90 Å². The summed E-state index contributed by atoms with van der Waals surface area (Å²) in [6.07, 6.45) is 0. The molecule has 0 amide bonds. The zero-order valence-electron chi connectivity index (χ0n) is 8.96. The molecular weight excluding hydrogens is 233 g/mol. The lowest BCUT2D eigenvalue weighted by Crippen LogP contribution is -2.20. The second kappa shape index (κ2) is 6.21. The third-order valence-corrected chi connectivity index (χ3v) is 2.55. The first-order valence-electron chi connectivity index (χ1n) is 4.74. The molecule has 0 aliphatic rings. The summed E-state index contributed by atoms with van der Waals surface area (Å²) in [6, 6.07) is 5.63. The minimum Gasteiger partial charge on any atom is -0.496 e. The molecule has 0 unspecified atom stereocenters. The summed E-state index contributed by atoms with van der Waals surface area (Å²) in [6.45, 7) is 1.63. The van der Waals surface area contributed by atoms with Gasteiger partial charge in [0.25, 0.3) is 0 Å². The number of halogens is 2. The average molecular weight is 248 g/mol. The lowest BCUT2D eigenvalue weighted by Gasteiger charge is -2.17. The number of ether oxygens (including phenoxy) is 1. The predicted octanol–water partition coefficient (Wildman–Crippen LogP) is 3.02. The molecule has 2 nitrogen and oxygen atoms in total. The maximum absolute atomic E-state index is 5.93. The highest BCUT2D eigenvalue weighted by Gasteiger charge is 2.06. The van der Waals surface area contributed by atoms with Gasteiger partial charge in [-0.25, -0.2) is 0 Å². The van der Waals surface area contributed by atoms with Crippen molar-refractivity contribution in [1.29, 1.82) is 0 Å². The first-order chi connectivity index (χ1) is 7.17. The molecule has 0 saturated heterocycles. The molecule has 0 spiro atoms. The van der Waals surface area contributed by atoms with Gasteiger partial charge in [-0.3, -0.25) is 0 Å². The van der Waals surface area contributed by atoms with Crippen molar-refractivity contribution in [2.45, 2.75) is 6.54 Å². The Morgan fingerprint density at radius 3 is 2.73 bits per heavy atom. The molecule has 1 aromatic rings. The second-order valence-corrected chi connectivity index (χ2v) is 4.20. The van der Waals surface area contributed by atoms with E-state index in [0.29, 0.717) is 5.88 Å². The zero-order chi connectivity index (χ0) is 11.3. The highest BCUT2D eigenvalue weighted by molar-refractivity contribution is 6.30. The van der Waals surface area contributed by atoms with Gasteiger partial charge in [0.15, 0.2) is 0 Å². The van der Waals surface area contributed by atoms with Crippen LogP contribution in [0.1, 0.15) is 5.56 Å². The van der Waals surface area contributed by atoms with Gasteiger partial charge in [0.1, 0.15) is 5.75 Å². The maximum atomic E-state index is 5.93. The van der Waals surface area contributed by atoms with Crippen molar-refractivity contribution in [2.24, 2.45) is 0 Å². The standard InChI is InChI=1S/C11H15Cl2NO/c1-14(6-5-12)8-9-7-10(13)3-4-11(9)15-2/h3-4,7H,5-6,8H2,1-2H3. The maximum Gasteiger partial charge on any atom is 0.123 e. The van der Waals surface area contributed by atoms with Gasteiger partial charge >= 0.3 is 0 Å². The lowest BCUT2D eigenvalue weighted by molar-refractivity contribution is 0.335. The van der Waals surface area contributed by atoms with E-state index in [2.05, 4.69) is 4.90 Å². The summed E-state index contributed by atoms with van der Waals surface area (Å²) in [4.78, 5) is 2.13. The monoisotopic (exact) mass is 247 g/mol. The van der Waals surface area contributed by atoms with Crippen molar-refractivity contribution in [3.8, 4) is 5.75 Å². The molecule has 0 aliphatic carbocycles. The molecule has 0 fully saturated rings. The third-order valence-electron chi connectivity index (χ3n) is 2.15. The van der Waals surface area contributed by atoms with Crippen LogP contribution in [0.5, 0.6) is 5.75 Å². The van der Waals surface area contributed by atoms with E-state index >= 15 is 0 Å².